The van der Waals surface area contributed by atoms with Crippen LogP contribution >= 0.6 is 0 Å². The van der Waals surface area contributed by atoms with E-state index in [1.165, 1.54) is 11.3 Å². The van der Waals surface area contributed by atoms with Gasteiger partial charge in [-0.05, 0) is 37.9 Å². The summed E-state index contributed by atoms with van der Waals surface area (Å²) < 4.78 is 0. The van der Waals surface area contributed by atoms with Gasteiger partial charge >= 0.3 is 0 Å². The third-order valence-corrected chi connectivity index (χ3v) is 3.68. The van der Waals surface area contributed by atoms with E-state index in [-0.39, 0.29) is 5.41 Å². The molecule has 1 aromatic rings. The quantitative estimate of drug-likeness (QED) is 0.838. The standard InChI is InChI=1S/C17H30N2/c1-7-18-16(17(4,5)6)13-19(8-2)15-11-9-14(3)10-12-15/h9-12,16,18H,7-8,13H2,1-6H3. The summed E-state index contributed by atoms with van der Waals surface area (Å²) in [5, 5.41) is 3.63. The molecule has 0 bridgehead atoms. The fraction of sp³-hybridized carbons (Fsp3) is 0.647. The van der Waals surface area contributed by atoms with Crippen molar-refractivity contribution in [3.8, 4) is 0 Å². The van der Waals surface area contributed by atoms with Gasteiger partial charge in [-0.3, -0.25) is 0 Å². The molecule has 0 radical (unpaired) electrons. The molecular formula is C17H30N2. The fourth-order valence-corrected chi connectivity index (χ4v) is 2.28. The summed E-state index contributed by atoms with van der Waals surface area (Å²) in [6.07, 6.45) is 0. The molecule has 0 saturated heterocycles. The van der Waals surface area contributed by atoms with Crippen molar-refractivity contribution in [2.75, 3.05) is 24.5 Å². The maximum Gasteiger partial charge on any atom is 0.0366 e. The number of rotatable bonds is 6. The Hall–Kier alpha value is -1.02. The van der Waals surface area contributed by atoms with Gasteiger partial charge in [0.1, 0.15) is 0 Å². The van der Waals surface area contributed by atoms with Crippen molar-refractivity contribution in [1.82, 2.24) is 5.32 Å². The molecule has 0 amide bonds. The van der Waals surface area contributed by atoms with Crippen LogP contribution in [-0.2, 0) is 0 Å². The van der Waals surface area contributed by atoms with Crippen LogP contribution in [0.2, 0.25) is 0 Å². The third-order valence-electron chi connectivity index (χ3n) is 3.68. The molecule has 1 unspecified atom stereocenters. The van der Waals surface area contributed by atoms with E-state index >= 15 is 0 Å². The summed E-state index contributed by atoms with van der Waals surface area (Å²) in [5.74, 6) is 0. The van der Waals surface area contributed by atoms with E-state index in [1.807, 2.05) is 0 Å². The van der Waals surface area contributed by atoms with E-state index in [9.17, 15) is 0 Å². The molecule has 0 aliphatic heterocycles. The van der Waals surface area contributed by atoms with E-state index in [0.29, 0.717) is 6.04 Å². The van der Waals surface area contributed by atoms with Crippen molar-refractivity contribution in [2.45, 2.75) is 47.6 Å². The molecule has 1 N–H and O–H groups in total. The Morgan fingerprint density at radius 2 is 1.68 bits per heavy atom. The first kappa shape index (κ1) is 16.0. The summed E-state index contributed by atoms with van der Waals surface area (Å²) in [4.78, 5) is 2.46. The minimum absolute atomic E-state index is 0.272. The van der Waals surface area contributed by atoms with Crippen LogP contribution in [0.15, 0.2) is 24.3 Å². The number of aryl methyl sites for hydroxylation is 1. The van der Waals surface area contributed by atoms with Gasteiger partial charge in [-0.15, -0.1) is 0 Å². The van der Waals surface area contributed by atoms with Gasteiger partial charge < -0.3 is 10.2 Å². The highest BCUT2D eigenvalue weighted by Gasteiger charge is 2.25. The van der Waals surface area contributed by atoms with Crippen molar-refractivity contribution >= 4 is 5.69 Å². The van der Waals surface area contributed by atoms with Crippen LogP contribution in [-0.4, -0.2) is 25.7 Å². The van der Waals surface area contributed by atoms with Gasteiger partial charge in [-0.25, -0.2) is 0 Å². The minimum Gasteiger partial charge on any atom is -0.370 e. The summed E-state index contributed by atoms with van der Waals surface area (Å²) in [6, 6.07) is 9.34. The number of nitrogens with zero attached hydrogens (tertiary/aromatic N) is 1. The van der Waals surface area contributed by atoms with Crippen LogP contribution < -0.4 is 10.2 Å². The maximum absolute atomic E-state index is 3.63. The number of hydrogen-bond donors (Lipinski definition) is 1. The first-order valence-corrected chi connectivity index (χ1v) is 7.43. The Balaban J connectivity index is 2.82. The lowest BCUT2D eigenvalue weighted by Crippen LogP contribution is -2.48. The lowest BCUT2D eigenvalue weighted by molar-refractivity contribution is 0.274. The Bertz CT molecular complexity index is 362. The number of likely N-dealkylation sites (N-methyl/N-ethyl adjacent to an activating group) is 2. The van der Waals surface area contributed by atoms with Crippen molar-refractivity contribution in [1.29, 1.82) is 0 Å². The number of anilines is 1. The van der Waals surface area contributed by atoms with E-state index < -0.39 is 0 Å². The fourth-order valence-electron chi connectivity index (χ4n) is 2.28. The second kappa shape index (κ2) is 6.95. The molecule has 0 aliphatic rings. The van der Waals surface area contributed by atoms with Crippen molar-refractivity contribution in [3.63, 3.8) is 0 Å². The Morgan fingerprint density at radius 1 is 1.11 bits per heavy atom. The number of benzene rings is 1. The SMILES string of the molecule is CCNC(CN(CC)c1ccc(C)cc1)C(C)(C)C. The predicted octanol–water partition coefficient (Wildman–Crippen LogP) is 3.85. The molecular weight excluding hydrogens is 232 g/mol. The van der Waals surface area contributed by atoms with Gasteiger partial charge in [0.15, 0.2) is 0 Å². The molecule has 108 valence electrons. The molecule has 0 aliphatic carbocycles. The van der Waals surface area contributed by atoms with Crippen LogP contribution in [0.3, 0.4) is 0 Å². The van der Waals surface area contributed by atoms with Gasteiger partial charge in [0.25, 0.3) is 0 Å². The molecule has 0 spiro atoms. The Kier molecular flexibility index (Phi) is 5.86. The molecule has 0 saturated carbocycles. The zero-order chi connectivity index (χ0) is 14.5. The smallest absolute Gasteiger partial charge is 0.0366 e. The van der Waals surface area contributed by atoms with Crippen molar-refractivity contribution < 1.29 is 0 Å². The highest BCUT2D eigenvalue weighted by molar-refractivity contribution is 5.47. The van der Waals surface area contributed by atoms with E-state index in [0.717, 1.165) is 19.6 Å². The van der Waals surface area contributed by atoms with Crippen molar-refractivity contribution in [2.24, 2.45) is 5.41 Å². The van der Waals surface area contributed by atoms with E-state index in [4.69, 9.17) is 0 Å². The second-order valence-electron chi connectivity index (χ2n) is 6.35. The van der Waals surface area contributed by atoms with E-state index in [1.54, 1.807) is 0 Å². The van der Waals surface area contributed by atoms with Gasteiger partial charge in [0, 0.05) is 24.8 Å². The molecule has 1 atom stereocenters. The normalized spacial score (nSPS) is 13.4. The van der Waals surface area contributed by atoms with Crippen LogP contribution in [0.4, 0.5) is 5.69 Å². The minimum atomic E-state index is 0.272. The molecule has 0 aromatic heterocycles. The average molecular weight is 262 g/mol. The lowest BCUT2D eigenvalue weighted by atomic mass is 9.86. The van der Waals surface area contributed by atoms with Crippen molar-refractivity contribution in [3.05, 3.63) is 29.8 Å². The van der Waals surface area contributed by atoms with Crippen LogP contribution in [0, 0.1) is 12.3 Å². The molecule has 19 heavy (non-hydrogen) atoms. The molecule has 1 aromatic carbocycles. The predicted molar refractivity (Wildman–Crippen MR) is 86.0 cm³/mol. The molecule has 2 heteroatoms. The third kappa shape index (κ3) is 4.87. The number of nitrogens with one attached hydrogen (secondary N) is 1. The highest BCUT2D eigenvalue weighted by atomic mass is 15.2. The Morgan fingerprint density at radius 3 is 2.11 bits per heavy atom. The summed E-state index contributed by atoms with van der Waals surface area (Å²) >= 11 is 0. The lowest BCUT2D eigenvalue weighted by Gasteiger charge is -2.36. The summed E-state index contributed by atoms with van der Waals surface area (Å²) in [6.45, 7) is 16.6. The van der Waals surface area contributed by atoms with Crippen LogP contribution in [0.25, 0.3) is 0 Å². The van der Waals surface area contributed by atoms with Gasteiger partial charge in [-0.1, -0.05) is 45.4 Å². The zero-order valence-electron chi connectivity index (χ0n) is 13.5. The second-order valence-corrected chi connectivity index (χ2v) is 6.35. The monoisotopic (exact) mass is 262 g/mol. The Labute approximate surface area is 119 Å². The topological polar surface area (TPSA) is 15.3 Å². The summed E-state index contributed by atoms with van der Waals surface area (Å²) in [7, 11) is 0. The molecule has 1 rings (SSSR count). The molecule has 0 heterocycles. The van der Waals surface area contributed by atoms with E-state index in [2.05, 4.69) is 76.0 Å². The molecule has 2 nitrogen and oxygen atoms in total. The average Bonchev–Trinajstić information content (AvgIpc) is 2.34. The van der Waals surface area contributed by atoms with Gasteiger partial charge in [0.2, 0.25) is 0 Å². The van der Waals surface area contributed by atoms with Crippen LogP contribution in [0.5, 0.6) is 0 Å². The first-order chi connectivity index (χ1) is 8.88. The van der Waals surface area contributed by atoms with Gasteiger partial charge in [0.05, 0.1) is 0 Å². The molecule has 0 fully saturated rings. The summed E-state index contributed by atoms with van der Waals surface area (Å²) in [5.41, 5.74) is 2.91. The number of hydrogen-bond acceptors (Lipinski definition) is 2. The van der Waals surface area contributed by atoms with Gasteiger partial charge in [-0.2, -0.15) is 0 Å². The largest absolute Gasteiger partial charge is 0.370 e. The zero-order valence-corrected chi connectivity index (χ0v) is 13.5. The first-order valence-electron chi connectivity index (χ1n) is 7.43. The van der Waals surface area contributed by atoms with Crippen LogP contribution in [0.1, 0.15) is 40.2 Å². The maximum atomic E-state index is 3.63. The highest BCUT2D eigenvalue weighted by Crippen LogP contribution is 2.23.